The van der Waals surface area contributed by atoms with E-state index >= 15 is 0 Å². The van der Waals surface area contributed by atoms with Gasteiger partial charge in [0.25, 0.3) is 0 Å². The lowest BCUT2D eigenvalue weighted by molar-refractivity contribution is 0.0658. The van der Waals surface area contributed by atoms with Gasteiger partial charge in [-0.3, -0.25) is 9.55 Å². The molecule has 0 aliphatic carbocycles. The van der Waals surface area contributed by atoms with Crippen molar-refractivity contribution in [2.24, 2.45) is 0 Å². The first-order valence-electron chi connectivity index (χ1n) is 7.43. The second-order valence-corrected chi connectivity index (χ2v) is 7.58. The van der Waals surface area contributed by atoms with E-state index < -0.39 is 16.6 Å². The molecule has 0 saturated heterocycles. The maximum atomic E-state index is 12.9. The molecule has 2 heterocycles. The summed E-state index contributed by atoms with van der Waals surface area (Å²) in [6.45, 7) is -1.21. The van der Waals surface area contributed by atoms with Crippen LogP contribution in [-0.4, -0.2) is 34.3 Å². The summed E-state index contributed by atoms with van der Waals surface area (Å²) in [6, 6.07) is 6.52. The monoisotopic (exact) mass is 366 g/mol. The Morgan fingerprint density at radius 1 is 1.20 bits per heavy atom. The van der Waals surface area contributed by atoms with E-state index in [4.69, 9.17) is 0 Å². The molecule has 0 unspecified atom stereocenters. The fraction of sp³-hybridized carbons (Fsp3) is 0.250. The highest BCUT2D eigenvalue weighted by Gasteiger charge is 2.26. The third-order valence-electron chi connectivity index (χ3n) is 3.94. The molecule has 0 amide bonds. The molecular formula is C16H16F2N4O2S. The largest absolute Gasteiger partial charge is 0.319 e. The number of benzene rings is 1. The van der Waals surface area contributed by atoms with Crippen molar-refractivity contribution in [2.75, 3.05) is 7.05 Å². The van der Waals surface area contributed by atoms with Gasteiger partial charge in [-0.1, -0.05) is 6.07 Å². The van der Waals surface area contributed by atoms with Gasteiger partial charge in [0.2, 0.25) is 10.0 Å². The van der Waals surface area contributed by atoms with E-state index in [1.807, 2.05) is 6.92 Å². The molecule has 2 aromatic heterocycles. The molecule has 0 fully saturated rings. The average Bonchev–Trinajstić information content (AvgIpc) is 3.03. The van der Waals surface area contributed by atoms with Crippen LogP contribution in [0.15, 0.2) is 47.8 Å². The van der Waals surface area contributed by atoms with Crippen molar-refractivity contribution < 1.29 is 17.2 Å². The Morgan fingerprint density at radius 3 is 2.68 bits per heavy atom. The molecule has 9 heteroatoms. The van der Waals surface area contributed by atoms with Crippen molar-refractivity contribution in [1.82, 2.24) is 18.8 Å². The highest BCUT2D eigenvalue weighted by atomic mass is 32.2. The zero-order valence-corrected chi connectivity index (χ0v) is 14.4. The standard InChI is InChI=1S/C16H16F2N4O2S/c1-11-5-6-13(12-4-3-7-20-15(11)12)25(23,24)21(2)10-14-19-8-9-22(14)16(17)18/h3-9,16H,10H2,1-2H3. The van der Waals surface area contributed by atoms with Gasteiger partial charge in [-0.2, -0.15) is 13.1 Å². The van der Waals surface area contributed by atoms with Crippen molar-refractivity contribution in [1.29, 1.82) is 0 Å². The van der Waals surface area contributed by atoms with E-state index in [1.165, 1.54) is 19.3 Å². The van der Waals surface area contributed by atoms with Gasteiger partial charge in [0.1, 0.15) is 5.82 Å². The second-order valence-electron chi connectivity index (χ2n) is 5.57. The lowest BCUT2D eigenvalue weighted by atomic mass is 10.1. The number of sulfonamides is 1. The minimum atomic E-state index is -3.91. The summed E-state index contributed by atoms with van der Waals surface area (Å²) in [5, 5.41) is 0.492. The van der Waals surface area contributed by atoms with E-state index in [9.17, 15) is 17.2 Å². The van der Waals surface area contributed by atoms with E-state index in [0.29, 0.717) is 15.5 Å². The number of halogens is 2. The summed E-state index contributed by atoms with van der Waals surface area (Å²) in [4.78, 5) is 8.14. The smallest absolute Gasteiger partial charge is 0.277 e. The van der Waals surface area contributed by atoms with Crippen molar-refractivity contribution in [2.45, 2.75) is 24.9 Å². The first kappa shape index (κ1) is 17.4. The van der Waals surface area contributed by atoms with Crippen LogP contribution in [0.3, 0.4) is 0 Å². The summed E-state index contributed by atoms with van der Waals surface area (Å²) in [5.41, 5.74) is 1.44. The third kappa shape index (κ3) is 3.12. The second kappa shape index (κ2) is 6.49. The highest BCUT2D eigenvalue weighted by Crippen LogP contribution is 2.27. The zero-order chi connectivity index (χ0) is 18.2. The Hall–Kier alpha value is -2.39. The van der Waals surface area contributed by atoms with Crippen LogP contribution < -0.4 is 0 Å². The summed E-state index contributed by atoms with van der Waals surface area (Å²) in [6.07, 6.45) is 3.92. The molecule has 1 aromatic carbocycles. The number of alkyl halides is 2. The summed E-state index contributed by atoms with van der Waals surface area (Å²) in [5.74, 6) is -0.0318. The third-order valence-corrected chi connectivity index (χ3v) is 5.80. The topological polar surface area (TPSA) is 68.1 Å². The number of nitrogens with zero attached hydrogens (tertiary/aromatic N) is 4. The molecule has 25 heavy (non-hydrogen) atoms. The van der Waals surface area contributed by atoms with Gasteiger partial charge < -0.3 is 0 Å². The maximum Gasteiger partial charge on any atom is 0.319 e. The van der Waals surface area contributed by atoms with E-state index in [-0.39, 0.29) is 17.3 Å². The number of pyridine rings is 1. The molecule has 0 aliphatic rings. The van der Waals surface area contributed by atoms with Gasteiger partial charge in [0.15, 0.2) is 0 Å². The number of aryl methyl sites for hydroxylation is 1. The van der Waals surface area contributed by atoms with Gasteiger partial charge in [-0.25, -0.2) is 13.4 Å². The molecule has 3 aromatic rings. The van der Waals surface area contributed by atoms with Crippen molar-refractivity contribution in [3.8, 4) is 0 Å². The predicted octanol–water partition coefficient (Wildman–Crippen LogP) is 2.96. The van der Waals surface area contributed by atoms with Crippen molar-refractivity contribution >= 4 is 20.9 Å². The Labute approximate surface area is 143 Å². The molecule has 0 spiro atoms. The highest BCUT2D eigenvalue weighted by molar-refractivity contribution is 7.89. The Bertz CT molecular complexity index is 1020. The van der Waals surface area contributed by atoms with Crippen molar-refractivity contribution in [3.63, 3.8) is 0 Å². The lowest BCUT2D eigenvalue weighted by Crippen LogP contribution is -2.28. The molecule has 0 bridgehead atoms. The molecule has 0 aliphatic heterocycles. The quantitative estimate of drug-likeness (QED) is 0.696. The minimum absolute atomic E-state index is 0.0318. The Morgan fingerprint density at radius 2 is 1.96 bits per heavy atom. The number of fused-ring (bicyclic) bond motifs is 1. The van der Waals surface area contributed by atoms with Gasteiger partial charge >= 0.3 is 6.55 Å². The molecule has 3 rings (SSSR count). The molecular weight excluding hydrogens is 350 g/mol. The first-order chi connectivity index (χ1) is 11.8. The van der Waals surface area contributed by atoms with Crippen LogP contribution in [0.4, 0.5) is 8.78 Å². The fourth-order valence-corrected chi connectivity index (χ4v) is 3.91. The molecule has 132 valence electrons. The van der Waals surface area contributed by atoms with Crippen LogP contribution in [0.25, 0.3) is 10.9 Å². The number of hydrogen-bond donors (Lipinski definition) is 0. The Kier molecular flexibility index (Phi) is 4.53. The van der Waals surface area contributed by atoms with Crippen LogP contribution in [-0.2, 0) is 16.6 Å². The molecule has 0 N–H and O–H groups in total. The summed E-state index contributed by atoms with van der Waals surface area (Å²) < 4.78 is 53.4. The van der Waals surface area contributed by atoms with Crippen LogP contribution in [0.1, 0.15) is 17.9 Å². The van der Waals surface area contributed by atoms with Crippen LogP contribution in [0.2, 0.25) is 0 Å². The number of imidazole rings is 1. The Balaban J connectivity index is 2.02. The van der Waals surface area contributed by atoms with Crippen LogP contribution >= 0.6 is 0 Å². The molecule has 0 saturated carbocycles. The van der Waals surface area contributed by atoms with Crippen LogP contribution in [0, 0.1) is 6.92 Å². The van der Waals surface area contributed by atoms with E-state index in [2.05, 4.69) is 9.97 Å². The number of hydrogen-bond acceptors (Lipinski definition) is 4. The van der Waals surface area contributed by atoms with Gasteiger partial charge in [-0.05, 0) is 30.7 Å². The minimum Gasteiger partial charge on any atom is -0.277 e. The van der Waals surface area contributed by atoms with E-state index in [1.54, 1.807) is 24.4 Å². The summed E-state index contributed by atoms with van der Waals surface area (Å²) >= 11 is 0. The van der Waals surface area contributed by atoms with Gasteiger partial charge in [0, 0.05) is 31.0 Å². The molecule has 0 atom stereocenters. The lowest BCUT2D eigenvalue weighted by Gasteiger charge is -2.19. The predicted molar refractivity (Wildman–Crippen MR) is 88.6 cm³/mol. The van der Waals surface area contributed by atoms with Crippen molar-refractivity contribution in [3.05, 3.63) is 54.2 Å². The molecule has 6 nitrogen and oxygen atoms in total. The molecule has 0 radical (unpaired) electrons. The fourth-order valence-electron chi connectivity index (χ4n) is 2.61. The first-order valence-corrected chi connectivity index (χ1v) is 8.87. The van der Waals surface area contributed by atoms with Gasteiger partial charge in [0.05, 0.1) is 17.0 Å². The van der Waals surface area contributed by atoms with E-state index in [0.717, 1.165) is 16.1 Å². The van der Waals surface area contributed by atoms with Gasteiger partial charge in [-0.15, -0.1) is 0 Å². The zero-order valence-electron chi connectivity index (χ0n) is 13.6. The maximum absolute atomic E-state index is 12.9. The average molecular weight is 366 g/mol. The number of aromatic nitrogens is 3. The number of rotatable bonds is 5. The van der Waals surface area contributed by atoms with Crippen LogP contribution in [0.5, 0.6) is 0 Å². The summed E-state index contributed by atoms with van der Waals surface area (Å²) in [7, 11) is -2.57. The SMILES string of the molecule is Cc1ccc(S(=O)(=O)N(C)Cc2nccn2C(F)F)c2cccnc12. The normalized spacial score (nSPS) is 12.4.